The molecule has 0 aliphatic heterocycles. The molecule has 0 saturated heterocycles. The molecule has 4 heteroatoms. The van der Waals surface area contributed by atoms with Crippen LogP contribution in [-0.4, -0.2) is 19.5 Å². The molecule has 2 nitrogen and oxygen atoms in total. The first kappa shape index (κ1) is 11.5. The number of methoxy groups -OCH3 is 1. The van der Waals surface area contributed by atoms with Gasteiger partial charge in [-0.1, -0.05) is 29.3 Å². The Kier molecular flexibility index (Phi) is 4.39. The second-order valence-electron chi connectivity index (χ2n) is 2.90. The van der Waals surface area contributed by atoms with Crippen LogP contribution in [-0.2, 0) is 16.0 Å². The summed E-state index contributed by atoms with van der Waals surface area (Å²) >= 11 is 11.5. The number of benzene rings is 1. The van der Waals surface area contributed by atoms with Crippen LogP contribution in [0.2, 0.25) is 10.0 Å². The largest absolute Gasteiger partial charge is 0.377 e. The smallest absolute Gasteiger partial charge is 0.162 e. The fraction of sp³-hybridized carbons (Fsp3) is 0.300. The van der Waals surface area contributed by atoms with Crippen molar-refractivity contribution >= 4 is 29.0 Å². The number of rotatable bonds is 4. The van der Waals surface area contributed by atoms with Crippen LogP contribution >= 0.6 is 23.2 Å². The molecule has 0 aromatic heterocycles. The third-order valence-electron chi connectivity index (χ3n) is 1.69. The van der Waals surface area contributed by atoms with E-state index >= 15 is 0 Å². The standard InChI is InChI=1S/C10H10Cl2O2/c1-14-6-8(13)4-7-2-3-9(11)10(12)5-7/h2-3,5H,4,6H2,1H3. The van der Waals surface area contributed by atoms with Crippen molar-refractivity contribution in [3.8, 4) is 0 Å². The molecule has 0 aliphatic carbocycles. The van der Waals surface area contributed by atoms with Gasteiger partial charge in [-0.3, -0.25) is 4.79 Å². The Labute approximate surface area is 92.8 Å². The fourth-order valence-electron chi connectivity index (χ4n) is 1.09. The number of Topliss-reactive ketones (excluding diaryl/α,β-unsaturated/α-hetero) is 1. The molecule has 0 saturated carbocycles. The Hall–Kier alpha value is -0.570. The average Bonchev–Trinajstić information content (AvgIpc) is 2.12. The summed E-state index contributed by atoms with van der Waals surface area (Å²) in [6, 6.07) is 5.15. The molecule has 0 radical (unpaired) electrons. The van der Waals surface area contributed by atoms with Gasteiger partial charge in [-0.25, -0.2) is 0 Å². The number of halogens is 2. The van der Waals surface area contributed by atoms with Crippen LogP contribution in [0.15, 0.2) is 18.2 Å². The van der Waals surface area contributed by atoms with Crippen molar-refractivity contribution in [3.63, 3.8) is 0 Å². The molecule has 1 aromatic carbocycles. The molecule has 0 amide bonds. The zero-order valence-electron chi connectivity index (χ0n) is 7.72. The van der Waals surface area contributed by atoms with Gasteiger partial charge in [0.2, 0.25) is 0 Å². The molecular weight excluding hydrogens is 223 g/mol. The molecule has 1 rings (SSSR count). The third kappa shape index (κ3) is 3.29. The van der Waals surface area contributed by atoms with E-state index in [9.17, 15) is 4.79 Å². The highest BCUT2D eigenvalue weighted by Crippen LogP contribution is 2.22. The van der Waals surface area contributed by atoms with Crippen molar-refractivity contribution in [1.29, 1.82) is 0 Å². The lowest BCUT2D eigenvalue weighted by Crippen LogP contribution is -2.09. The van der Waals surface area contributed by atoms with Gasteiger partial charge < -0.3 is 4.74 Å². The van der Waals surface area contributed by atoms with Crippen LogP contribution in [0.4, 0.5) is 0 Å². The van der Waals surface area contributed by atoms with Gasteiger partial charge >= 0.3 is 0 Å². The number of ketones is 1. The number of carbonyl (C=O) groups excluding carboxylic acids is 1. The van der Waals surface area contributed by atoms with Gasteiger partial charge in [0.05, 0.1) is 10.0 Å². The number of carbonyl (C=O) groups is 1. The van der Waals surface area contributed by atoms with E-state index in [-0.39, 0.29) is 12.4 Å². The van der Waals surface area contributed by atoms with E-state index in [4.69, 9.17) is 27.9 Å². The summed E-state index contributed by atoms with van der Waals surface area (Å²) in [6.45, 7) is 0.125. The normalized spacial score (nSPS) is 10.2. The number of hydrogen-bond donors (Lipinski definition) is 0. The van der Waals surface area contributed by atoms with Crippen molar-refractivity contribution in [2.75, 3.05) is 13.7 Å². The van der Waals surface area contributed by atoms with Gasteiger partial charge in [0.15, 0.2) is 5.78 Å². The van der Waals surface area contributed by atoms with Crippen LogP contribution < -0.4 is 0 Å². The summed E-state index contributed by atoms with van der Waals surface area (Å²) in [5.41, 5.74) is 0.849. The Morgan fingerprint density at radius 1 is 1.36 bits per heavy atom. The lowest BCUT2D eigenvalue weighted by molar-refractivity contribution is -0.121. The second-order valence-corrected chi connectivity index (χ2v) is 3.71. The second kappa shape index (κ2) is 5.35. The fourth-order valence-corrected chi connectivity index (χ4v) is 1.41. The Balaban J connectivity index is 2.68. The molecule has 0 unspecified atom stereocenters. The van der Waals surface area contributed by atoms with Gasteiger partial charge in [-0.05, 0) is 17.7 Å². The minimum absolute atomic E-state index is 0.0193. The van der Waals surface area contributed by atoms with E-state index in [0.29, 0.717) is 16.5 Å². The molecule has 0 spiro atoms. The molecule has 14 heavy (non-hydrogen) atoms. The first-order chi connectivity index (χ1) is 6.63. The highest BCUT2D eigenvalue weighted by Gasteiger charge is 2.05. The monoisotopic (exact) mass is 232 g/mol. The van der Waals surface area contributed by atoms with E-state index < -0.39 is 0 Å². The summed E-state index contributed by atoms with van der Waals surface area (Å²) in [5.74, 6) is 0.0193. The first-order valence-electron chi connectivity index (χ1n) is 4.08. The Morgan fingerprint density at radius 3 is 2.64 bits per heavy atom. The molecule has 0 atom stereocenters. The molecule has 0 bridgehead atoms. The zero-order valence-corrected chi connectivity index (χ0v) is 9.23. The lowest BCUT2D eigenvalue weighted by atomic mass is 10.1. The van der Waals surface area contributed by atoms with Crippen molar-refractivity contribution in [2.24, 2.45) is 0 Å². The summed E-state index contributed by atoms with van der Waals surface area (Å²) in [5, 5.41) is 0.962. The van der Waals surface area contributed by atoms with E-state index in [1.807, 2.05) is 0 Å². The van der Waals surface area contributed by atoms with Crippen LogP contribution in [0.3, 0.4) is 0 Å². The minimum atomic E-state index is 0.0193. The quantitative estimate of drug-likeness (QED) is 0.799. The van der Waals surface area contributed by atoms with Crippen molar-refractivity contribution in [1.82, 2.24) is 0 Å². The molecule has 1 aromatic rings. The Bertz CT molecular complexity index is 337. The van der Waals surface area contributed by atoms with Crippen LogP contribution in [0.25, 0.3) is 0 Å². The van der Waals surface area contributed by atoms with E-state index in [2.05, 4.69) is 0 Å². The summed E-state index contributed by atoms with van der Waals surface area (Å²) < 4.78 is 4.72. The van der Waals surface area contributed by atoms with E-state index in [0.717, 1.165) is 5.56 Å². The summed E-state index contributed by atoms with van der Waals surface area (Å²) in [7, 11) is 1.49. The molecule has 0 heterocycles. The van der Waals surface area contributed by atoms with Crippen LogP contribution in [0, 0.1) is 0 Å². The predicted octanol–water partition coefficient (Wildman–Crippen LogP) is 2.75. The molecular formula is C10H10Cl2O2. The first-order valence-corrected chi connectivity index (χ1v) is 4.83. The van der Waals surface area contributed by atoms with Crippen molar-refractivity contribution in [3.05, 3.63) is 33.8 Å². The van der Waals surface area contributed by atoms with Gasteiger partial charge in [-0.2, -0.15) is 0 Å². The third-order valence-corrected chi connectivity index (χ3v) is 2.43. The average molecular weight is 233 g/mol. The molecule has 0 N–H and O–H groups in total. The maximum atomic E-state index is 11.2. The highest BCUT2D eigenvalue weighted by atomic mass is 35.5. The Morgan fingerprint density at radius 2 is 2.07 bits per heavy atom. The van der Waals surface area contributed by atoms with Crippen molar-refractivity contribution in [2.45, 2.75) is 6.42 Å². The number of hydrogen-bond acceptors (Lipinski definition) is 2. The number of ether oxygens (including phenoxy) is 1. The van der Waals surface area contributed by atoms with E-state index in [1.165, 1.54) is 7.11 Å². The van der Waals surface area contributed by atoms with Gasteiger partial charge in [0.25, 0.3) is 0 Å². The van der Waals surface area contributed by atoms with Gasteiger partial charge in [0.1, 0.15) is 6.61 Å². The molecule has 76 valence electrons. The predicted molar refractivity (Wildman–Crippen MR) is 57.0 cm³/mol. The zero-order chi connectivity index (χ0) is 10.6. The summed E-state index contributed by atoms with van der Waals surface area (Å²) in [4.78, 5) is 11.2. The van der Waals surface area contributed by atoms with Gasteiger partial charge in [0, 0.05) is 13.5 Å². The molecule has 0 fully saturated rings. The van der Waals surface area contributed by atoms with E-state index in [1.54, 1.807) is 18.2 Å². The van der Waals surface area contributed by atoms with Gasteiger partial charge in [-0.15, -0.1) is 0 Å². The SMILES string of the molecule is COCC(=O)Cc1ccc(Cl)c(Cl)c1. The minimum Gasteiger partial charge on any atom is -0.377 e. The van der Waals surface area contributed by atoms with Crippen molar-refractivity contribution < 1.29 is 9.53 Å². The maximum absolute atomic E-state index is 11.2. The summed E-state index contributed by atoms with van der Waals surface area (Å²) in [6.07, 6.45) is 0.324. The molecule has 0 aliphatic rings. The lowest BCUT2D eigenvalue weighted by Gasteiger charge is -2.02. The highest BCUT2D eigenvalue weighted by molar-refractivity contribution is 6.42. The van der Waals surface area contributed by atoms with Crippen LogP contribution in [0.5, 0.6) is 0 Å². The topological polar surface area (TPSA) is 26.3 Å². The van der Waals surface area contributed by atoms with Crippen LogP contribution in [0.1, 0.15) is 5.56 Å². The maximum Gasteiger partial charge on any atom is 0.162 e.